The van der Waals surface area contributed by atoms with E-state index in [4.69, 9.17) is 9.47 Å². The second-order valence-electron chi connectivity index (χ2n) is 10.4. The minimum absolute atomic E-state index is 0.262. The summed E-state index contributed by atoms with van der Waals surface area (Å²) < 4.78 is 11.6. The Labute approximate surface area is 164 Å². The Morgan fingerprint density at radius 3 is 2.54 bits per heavy atom. The molecule has 10 atom stereocenters. The van der Waals surface area contributed by atoms with Crippen LogP contribution >= 0.6 is 0 Å². The quantitative estimate of drug-likeness (QED) is 0.474. The Balaban J connectivity index is 1.85. The molecule has 0 aromatic rings. The molecule has 7 nitrogen and oxygen atoms in total. The first-order chi connectivity index (χ1) is 13.0. The van der Waals surface area contributed by atoms with E-state index in [1.165, 1.54) is 7.11 Å². The molecule has 28 heavy (non-hydrogen) atoms. The summed E-state index contributed by atoms with van der Waals surface area (Å²) in [6, 6.07) is 0. The molecule has 0 amide bonds. The molecule has 1 unspecified atom stereocenters. The van der Waals surface area contributed by atoms with E-state index in [9.17, 15) is 25.2 Å². The van der Waals surface area contributed by atoms with E-state index in [1.54, 1.807) is 0 Å². The summed E-state index contributed by atoms with van der Waals surface area (Å²) in [6.07, 6.45) is -2.61. The number of Topliss-reactive ketones (excluding diaryl/α,β-unsaturated/α-hetero) is 1. The zero-order chi connectivity index (χ0) is 20.4. The van der Waals surface area contributed by atoms with Crippen molar-refractivity contribution in [3.05, 3.63) is 12.2 Å². The predicted molar refractivity (Wildman–Crippen MR) is 96.6 cm³/mol. The van der Waals surface area contributed by atoms with Gasteiger partial charge in [0.2, 0.25) is 5.79 Å². The van der Waals surface area contributed by atoms with Crippen LogP contribution in [0.2, 0.25) is 0 Å². The van der Waals surface area contributed by atoms with E-state index in [-0.39, 0.29) is 18.1 Å². The van der Waals surface area contributed by atoms with Gasteiger partial charge >= 0.3 is 0 Å². The lowest BCUT2D eigenvalue weighted by atomic mass is 9.35. The van der Waals surface area contributed by atoms with Gasteiger partial charge in [-0.15, -0.1) is 0 Å². The summed E-state index contributed by atoms with van der Waals surface area (Å²) in [6.45, 7) is 7.91. The number of ketones is 1. The highest BCUT2D eigenvalue weighted by Crippen LogP contribution is 2.77. The van der Waals surface area contributed by atoms with Gasteiger partial charge in [-0.3, -0.25) is 4.79 Å². The third-order valence-electron chi connectivity index (χ3n) is 9.02. The molecule has 0 aromatic carbocycles. The van der Waals surface area contributed by atoms with Crippen molar-refractivity contribution in [3.63, 3.8) is 0 Å². The van der Waals surface area contributed by atoms with Gasteiger partial charge in [-0.05, 0) is 42.6 Å². The number of hydrogen-bond donors (Lipinski definition) is 4. The molecule has 2 spiro atoms. The smallest absolute Gasteiger partial charge is 0.208 e. The molecule has 6 rings (SSSR count). The Morgan fingerprint density at radius 2 is 1.89 bits per heavy atom. The van der Waals surface area contributed by atoms with Gasteiger partial charge in [-0.1, -0.05) is 20.4 Å². The third-order valence-corrected chi connectivity index (χ3v) is 9.02. The Bertz CT molecular complexity index is 764. The molecule has 7 heteroatoms. The van der Waals surface area contributed by atoms with Crippen molar-refractivity contribution in [2.75, 3.05) is 7.11 Å². The molecular formula is C21H30O7. The maximum atomic E-state index is 13.5. The molecule has 0 radical (unpaired) electrons. The van der Waals surface area contributed by atoms with E-state index in [0.717, 1.165) is 0 Å². The molecule has 6 aliphatic rings. The second kappa shape index (κ2) is 5.25. The van der Waals surface area contributed by atoms with Crippen LogP contribution in [-0.4, -0.2) is 63.7 Å². The predicted octanol–water partition coefficient (Wildman–Crippen LogP) is 0.348. The normalized spacial score (nSPS) is 59.2. The first-order valence-corrected chi connectivity index (χ1v) is 10.2. The van der Waals surface area contributed by atoms with Crippen LogP contribution in [0.3, 0.4) is 0 Å². The second-order valence-corrected chi connectivity index (χ2v) is 10.4. The zero-order valence-electron chi connectivity index (χ0n) is 16.6. The van der Waals surface area contributed by atoms with Crippen LogP contribution in [0.25, 0.3) is 0 Å². The molecule has 4 saturated carbocycles. The standard InChI is InChI=1S/C21H30O7/c1-9-10-7-11(22)13-19(8-10,15(9)24)21(26)16(25)14-18(2,3)6-5-12(23)20(13,14)17(27-4)28-21/h10-14,16-17,22-23,25-26H,1,5-8H2,2-4H3/t10-,11+,12+,13-,14-,16+,17+,19+,20+,21?/m1/s1. The van der Waals surface area contributed by atoms with Crippen LogP contribution < -0.4 is 0 Å². The molecule has 4 aliphatic carbocycles. The van der Waals surface area contributed by atoms with Crippen molar-refractivity contribution in [1.82, 2.24) is 0 Å². The van der Waals surface area contributed by atoms with Crippen molar-refractivity contribution >= 4 is 5.78 Å². The fourth-order valence-corrected chi connectivity index (χ4v) is 8.15. The molecule has 6 fully saturated rings. The Morgan fingerprint density at radius 1 is 1.21 bits per heavy atom. The average Bonchev–Trinajstić information content (AvgIpc) is 2.82. The highest BCUT2D eigenvalue weighted by Gasteiger charge is 2.88. The summed E-state index contributed by atoms with van der Waals surface area (Å²) in [5, 5.41) is 45.9. The molecule has 2 heterocycles. The molecule has 2 aliphatic heterocycles. The molecule has 0 aromatic heterocycles. The molecule has 4 N–H and O–H groups in total. The van der Waals surface area contributed by atoms with Gasteiger partial charge < -0.3 is 29.9 Å². The largest absolute Gasteiger partial charge is 0.393 e. The van der Waals surface area contributed by atoms with Crippen LogP contribution in [0.15, 0.2) is 12.2 Å². The lowest BCUT2D eigenvalue weighted by Crippen LogP contribution is -2.87. The van der Waals surface area contributed by atoms with Crippen molar-refractivity contribution in [1.29, 1.82) is 0 Å². The van der Waals surface area contributed by atoms with Crippen molar-refractivity contribution in [2.45, 2.75) is 69.9 Å². The number of carbonyl (C=O) groups excluding carboxylic acids is 1. The number of methoxy groups -OCH3 is 1. The van der Waals surface area contributed by atoms with Gasteiger partial charge in [0.05, 0.1) is 23.0 Å². The summed E-state index contributed by atoms with van der Waals surface area (Å²) >= 11 is 0. The minimum Gasteiger partial charge on any atom is -0.393 e. The summed E-state index contributed by atoms with van der Waals surface area (Å²) in [4.78, 5) is 13.5. The van der Waals surface area contributed by atoms with Crippen LogP contribution in [0.5, 0.6) is 0 Å². The van der Waals surface area contributed by atoms with E-state index >= 15 is 0 Å². The fraction of sp³-hybridized carbons (Fsp3) is 0.857. The van der Waals surface area contributed by atoms with Crippen LogP contribution in [-0.2, 0) is 14.3 Å². The Kier molecular flexibility index (Phi) is 3.59. The fourth-order valence-electron chi connectivity index (χ4n) is 8.15. The number of carbonyl (C=O) groups is 1. The van der Waals surface area contributed by atoms with Crippen LogP contribution in [0, 0.1) is 34.0 Å². The Hall–Kier alpha value is -0.830. The summed E-state index contributed by atoms with van der Waals surface area (Å²) in [7, 11) is 1.43. The van der Waals surface area contributed by atoms with Crippen LogP contribution in [0.1, 0.15) is 39.5 Å². The van der Waals surface area contributed by atoms with Crippen molar-refractivity contribution < 1.29 is 34.7 Å². The van der Waals surface area contributed by atoms with E-state index in [2.05, 4.69) is 6.58 Å². The number of fused-ring (bicyclic) bond motifs is 2. The maximum Gasteiger partial charge on any atom is 0.208 e. The molecule has 4 bridgehead atoms. The first kappa shape index (κ1) is 19.2. The lowest BCUT2D eigenvalue weighted by molar-refractivity contribution is -0.508. The monoisotopic (exact) mass is 394 g/mol. The van der Waals surface area contributed by atoms with E-state index in [0.29, 0.717) is 24.8 Å². The summed E-state index contributed by atoms with van der Waals surface area (Å²) in [5.74, 6) is -4.20. The molecule has 156 valence electrons. The number of hydrogen-bond acceptors (Lipinski definition) is 7. The topological polar surface area (TPSA) is 116 Å². The highest BCUT2D eigenvalue weighted by molar-refractivity contribution is 6.04. The average molecular weight is 394 g/mol. The molecular weight excluding hydrogens is 364 g/mol. The van der Waals surface area contributed by atoms with Gasteiger partial charge in [-0.25, -0.2) is 0 Å². The number of aliphatic hydroxyl groups is 4. The molecule has 2 saturated heterocycles. The van der Waals surface area contributed by atoms with Crippen LogP contribution in [0.4, 0.5) is 0 Å². The number of ether oxygens (including phenoxy) is 2. The maximum absolute atomic E-state index is 13.5. The van der Waals surface area contributed by atoms with Gasteiger partial charge in [0.25, 0.3) is 0 Å². The zero-order valence-corrected chi connectivity index (χ0v) is 16.6. The first-order valence-electron chi connectivity index (χ1n) is 10.2. The van der Waals surface area contributed by atoms with E-state index < -0.39 is 58.5 Å². The highest BCUT2D eigenvalue weighted by atomic mass is 16.7. The number of rotatable bonds is 1. The van der Waals surface area contributed by atoms with Gasteiger partial charge in [0.1, 0.15) is 6.10 Å². The third kappa shape index (κ3) is 1.66. The number of allylic oxidation sites excluding steroid dienone is 1. The lowest BCUT2D eigenvalue weighted by Gasteiger charge is -2.76. The van der Waals surface area contributed by atoms with Crippen molar-refractivity contribution in [2.24, 2.45) is 34.0 Å². The number of aliphatic hydroxyl groups excluding tert-OH is 3. The van der Waals surface area contributed by atoms with Gasteiger partial charge in [0, 0.05) is 18.9 Å². The minimum atomic E-state index is -2.20. The SMILES string of the molecule is C=C1C(=O)[C@]23C[C@H]1C[C@H](O)[C@H]2[C@]12[C@@H](OC)OC3(O)[C@@H](O)[C@@H]1C(C)(C)CC[C@@H]2O. The van der Waals surface area contributed by atoms with Gasteiger partial charge in [-0.2, -0.15) is 0 Å². The summed E-state index contributed by atoms with van der Waals surface area (Å²) in [5.41, 5.74) is -2.81. The van der Waals surface area contributed by atoms with Crippen molar-refractivity contribution in [3.8, 4) is 0 Å². The van der Waals surface area contributed by atoms with E-state index in [1.807, 2.05) is 13.8 Å². The van der Waals surface area contributed by atoms with Gasteiger partial charge in [0.15, 0.2) is 12.1 Å².